The molecule has 1 amide bonds. The number of halogens is 1. The molecule has 11 heteroatoms. The molecule has 0 aliphatic carbocycles. The third-order valence-corrected chi connectivity index (χ3v) is 5.49. The zero-order chi connectivity index (χ0) is 22.8. The number of nitrogens with one attached hydrogen (secondary N) is 1. The lowest BCUT2D eigenvalue weighted by Crippen LogP contribution is -2.36. The van der Waals surface area contributed by atoms with Crippen molar-refractivity contribution in [2.24, 2.45) is 5.10 Å². The van der Waals surface area contributed by atoms with Crippen LogP contribution in [-0.4, -0.2) is 66.9 Å². The van der Waals surface area contributed by atoms with Gasteiger partial charge in [-0.25, -0.2) is 14.2 Å². The van der Waals surface area contributed by atoms with Gasteiger partial charge in [-0.15, -0.1) is 0 Å². The van der Waals surface area contributed by atoms with E-state index in [1.807, 2.05) is 29.1 Å². The maximum absolute atomic E-state index is 15.0. The first-order valence-corrected chi connectivity index (χ1v) is 10.5. The molecular formula is C22H22FN7O3. The smallest absolute Gasteiger partial charge is 0.414 e. The highest BCUT2D eigenvalue weighted by molar-refractivity contribution is 5.90. The zero-order valence-corrected chi connectivity index (χ0v) is 17.9. The van der Waals surface area contributed by atoms with Crippen LogP contribution in [0.25, 0.3) is 11.1 Å². The van der Waals surface area contributed by atoms with Gasteiger partial charge in [0.05, 0.1) is 31.5 Å². The molecule has 2 aliphatic heterocycles. The van der Waals surface area contributed by atoms with Crippen molar-refractivity contribution in [2.45, 2.75) is 6.10 Å². The summed E-state index contributed by atoms with van der Waals surface area (Å²) in [4.78, 5) is 20.1. The minimum atomic E-state index is -0.522. The molecule has 2 aromatic heterocycles. The molecule has 2 aliphatic rings. The van der Waals surface area contributed by atoms with E-state index in [4.69, 9.17) is 9.26 Å². The van der Waals surface area contributed by atoms with Gasteiger partial charge < -0.3 is 19.5 Å². The van der Waals surface area contributed by atoms with E-state index in [0.717, 1.165) is 18.9 Å². The Morgan fingerprint density at radius 3 is 2.82 bits per heavy atom. The second-order valence-electron chi connectivity index (χ2n) is 7.75. The van der Waals surface area contributed by atoms with Crippen LogP contribution in [0.5, 0.6) is 0 Å². The lowest BCUT2D eigenvalue weighted by atomic mass is 10.1. The van der Waals surface area contributed by atoms with Crippen LogP contribution in [-0.2, 0) is 4.74 Å². The molecule has 1 saturated heterocycles. The van der Waals surface area contributed by atoms with E-state index in [-0.39, 0.29) is 0 Å². The molecule has 33 heavy (non-hydrogen) atoms. The van der Waals surface area contributed by atoms with Gasteiger partial charge in [-0.3, -0.25) is 9.91 Å². The fraction of sp³-hybridized carbons (Fsp3) is 0.273. The standard InChI is InChI=1S/C22H22FN7O3/c1-28-8-9-29(14-26-28)20-5-2-15(11-24-20)18-4-3-16(10-19(18)23)30-13-17(32-22(30)31)12-25-21-6-7-27-33-21/h2-7,10-11,14,17,25H,8-9,12-13H2,1H3/t17-/m0/s1. The van der Waals surface area contributed by atoms with Crippen LogP contribution >= 0.6 is 0 Å². The summed E-state index contributed by atoms with van der Waals surface area (Å²) in [6.45, 7) is 2.22. The third kappa shape index (κ3) is 4.43. The number of carbonyl (C=O) groups excluding carboxylic acids is 1. The van der Waals surface area contributed by atoms with Crippen LogP contribution in [0.2, 0.25) is 0 Å². The van der Waals surface area contributed by atoms with Gasteiger partial charge in [0.1, 0.15) is 24.1 Å². The summed E-state index contributed by atoms with van der Waals surface area (Å²) < 4.78 is 25.3. The lowest BCUT2D eigenvalue weighted by molar-refractivity contribution is 0.146. The molecule has 1 N–H and O–H groups in total. The first-order chi connectivity index (χ1) is 16.1. The number of amides is 1. The van der Waals surface area contributed by atoms with Crippen molar-refractivity contribution in [3.05, 3.63) is 54.6 Å². The molecule has 0 spiro atoms. The number of carbonyl (C=O) groups is 1. The maximum Gasteiger partial charge on any atom is 0.414 e. The molecule has 4 heterocycles. The van der Waals surface area contributed by atoms with Crippen molar-refractivity contribution in [2.75, 3.05) is 48.3 Å². The molecule has 1 atom stereocenters. The van der Waals surface area contributed by atoms with Crippen molar-refractivity contribution in [1.82, 2.24) is 15.1 Å². The van der Waals surface area contributed by atoms with E-state index >= 15 is 0 Å². The Morgan fingerprint density at radius 1 is 1.21 bits per heavy atom. The molecule has 5 rings (SSSR count). The molecule has 3 aromatic rings. The quantitative estimate of drug-likeness (QED) is 0.611. The maximum atomic E-state index is 15.0. The normalized spacial score (nSPS) is 18.1. The van der Waals surface area contributed by atoms with Crippen LogP contribution in [0, 0.1) is 5.82 Å². The lowest BCUT2D eigenvalue weighted by Gasteiger charge is -2.26. The number of benzene rings is 1. The van der Waals surface area contributed by atoms with E-state index in [9.17, 15) is 9.18 Å². The van der Waals surface area contributed by atoms with Crippen molar-refractivity contribution in [1.29, 1.82) is 0 Å². The van der Waals surface area contributed by atoms with E-state index < -0.39 is 18.0 Å². The number of likely N-dealkylation sites (N-methyl/N-ethyl adjacent to an activating group) is 1. The van der Waals surface area contributed by atoms with Gasteiger partial charge in [0.15, 0.2) is 0 Å². The Hall–Kier alpha value is -4.15. The molecule has 170 valence electrons. The van der Waals surface area contributed by atoms with E-state index in [2.05, 4.69) is 20.6 Å². The molecular weight excluding hydrogens is 429 g/mol. The number of anilines is 3. The largest absolute Gasteiger partial charge is 0.442 e. The number of hydrogen-bond acceptors (Lipinski definition) is 9. The predicted octanol–water partition coefficient (Wildman–Crippen LogP) is 3.01. The second-order valence-corrected chi connectivity index (χ2v) is 7.75. The number of cyclic esters (lactones) is 1. The first kappa shape index (κ1) is 20.7. The molecule has 10 nitrogen and oxygen atoms in total. The summed E-state index contributed by atoms with van der Waals surface area (Å²) >= 11 is 0. The highest BCUT2D eigenvalue weighted by Gasteiger charge is 2.32. The summed E-state index contributed by atoms with van der Waals surface area (Å²) in [5, 5.41) is 12.7. The highest BCUT2D eigenvalue weighted by Crippen LogP contribution is 2.29. The van der Waals surface area contributed by atoms with Gasteiger partial charge in [0, 0.05) is 37.0 Å². The average molecular weight is 451 g/mol. The second kappa shape index (κ2) is 8.77. The highest BCUT2D eigenvalue weighted by atomic mass is 19.1. The van der Waals surface area contributed by atoms with Crippen molar-refractivity contribution >= 4 is 29.8 Å². The van der Waals surface area contributed by atoms with Crippen molar-refractivity contribution in [3.8, 4) is 11.1 Å². The monoisotopic (exact) mass is 451 g/mol. The Kier molecular flexibility index (Phi) is 5.51. The van der Waals surface area contributed by atoms with Gasteiger partial charge >= 0.3 is 6.09 Å². The number of ether oxygens (including phenoxy) is 1. The number of hydrazone groups is 1. The Balaban J connectivity index is 1.26. The van der Waals surface area contributed by atoms with Gasteiger partial charge in [-0.05, 0) is 30.3 Å². The first-order valence-electron chi connectivity index (χ1n) is 10.5. The Bertz CT molecular complexity index is 1150. The summed E-state index contributed by atoms with van der Waals surface area (Å²) in [5.41, 5.74) is 1.48. The number of aromatic nitrogens is 2. The molecule has 1 aromatic carbocycles. The molecule has 0 bridgehead atoms. The fourth-order valence-electron chi connectivity index (χ4n) is 3.67. The van der Waals surface area contributed by atoms with Crippen molar-refractivity contribution < 1.29 is 18.4 Å². The fourth-order valence-corrected chi connectivity index (χ4v) is 3.67. The van der Waals surface area contributed by atoms with Gasteiger partial charge in [-0.2, -0.15) is 5.10 Å². The molecule has 1 fully saturated rings. The minimum Gasteiger partial charge on any atom is -0.442 e. The van der Waals surface area contributed by atoms with Crippen LogP contribution < -0.4 is 15.1 Å². The minimum absolute atomic E-state index is 0.293. The Labute approximate surface area is 189 Å². The van der Waals surface area contributed by atoms with E-state index in [1.54, 1.807) is 30.7 Å². The summed E-state index contributed by atoms with van der Waals surface area (Å²) in [6, 6.07) is 10.0. The zero-order valence-electron chi connectivity index (χ0n) is 17.9. The van der Waals surface area contributed by atoms with E-state index in [1.165, 1.54) is 17.2 Å². The van der Waals surface area contributed by atoms with Crippen LogP contribution in [0.4, 0.5) is 26.6 Å². The summed E-state index contributed by atoms with van der Waals surface area (Å²) in [5.74, 6) is 0.788. The van der Waals surface area contributed by atoms with Crippen molar-refractivity contribution in [3.63, 3.8) is 0 Å². The van der Waals surface area contributed by atoms with Crippen LogP contribution in [0.3, 0.4) is 0 Å². The average Bonchev–Trinajstić information content (AvgIpc) is 3.48. The molecule has 0 radical (unpaired) electrons. The third-order valence-electron chi connectivity index (χ3n) is 5.49. The number of rotatable bonds is 6. The van der Waals surface area contributed by atoms with Crippen LogP contribution in [0.1, 0.15) is 0 Å². The van der Waals surface area contributed by atoms with Gasteiger partial charge in [0.2, 0.25) is 5.88 Å². The predicted molar refractivity (Wildman–Crippen MR) is 121 cm³/mol. The molecule has 0 saturated carbocycles. The SMILES string of the molecule is CN1CCN(c2ccc(-c3ccc(N4C[C@H](CNc5ccno5)OC4=O)cc3F)cn2)C=N1. The van der Waals surface area contributed by atoms with Gasteiger partial charge in [0.25, 0.3) is 0 Å². The number of hydrogen-bond donors (Lipinski definition) is 1. The number of nitrogens with zero attached hydrogens (tertiary/aromatic N) is 6. The number of pyridine rings is 1. The van der Waals surface area contributed by atoms with E-state index in [0.29, 0.717) is 35.8 Å². The van der Waals surface area contributed by atoms with Gasteiger partial charge in [-0.1, -0.05) is 5.16 Å². The Morgan fingerprint density at radius 2 is 2.12 bits per heavy atom. The summed E-state index contributed by atoms with van der Waals surface area (Å²) in [7, 11) is 1.91. The summed E-state index contributed by atoms with van der Waals surface area (Å²) in [6.07, 6.45) is 3.95. The van der Waals surface area contributed by atoms with Crippen LogP contribution in [0.15, 0.2) is 58.4 Å². The topological polar surface area (TPSA) is 99.3 Å². The molecule has 0 unspecified atom stereocenters.